The molecule has 4 rings (SSSR count). The molecule has 0 aliphatic carbocycles. The van der Waals surface area contributed by atoms with Crippen molar-refractivity contribution in [2.75, 3.05) is 0 Å². The smallest absolute Gasteiger partial charge is 0.256 e. The molecular formula is C29H29N5O2. The van der Waals surface area contributed by atoms with Crippen molar-refractivity contribution in [3.8, 4) is 0 Å². The summed E-state index contributed by atoms with van der Waals surface area (Å²) in [6, 6.07) is 17.1. The second kappa shape index (κ2) is 11.4. The minimum absolute atomic E-state index is 0.0500. The summed E-state index contributed by atoms with van der Waals surface area (Å²) < 4.78 is 0. The number of amides is 1. The van der Waals surface area contributed by atoms with Gasteiger partial charge >= 0.3 is 0 Å². The third-order valence-corrected chi connectivity index (χ3v) is 5.91. The SMILES string of the molecule is CC(=Nc1ccccc1C)NC(=O)c1cccc(CCC2CC(=O)C=CC(c3cnnc(C)c3)=N2)c1. The third kappa shape index (κ3) is 6.66. The Kier molecular flexibility index (Phi) is 7.90. The van der Waals surface area contributed by atoms with E-state index in [1.165, 1.54) is 0 Å². The van der Waals surface area contributed by atoms with Crippen LogP contribution in [-0.2, 0) is 11.2 Å². The van der Waals surface area contributed by atoms with Crippen molar-refractivity contribution in [2.24, 2.45) is 9.98 Å². The standard InChI is InChI=1S/C29H29N5O2/c1-19-7-4-5-10-27(19)31-21(3)32-29(36)23-9-6-8-22(16-23)11-12-25-17-26(35)13-14-28(33-25)24-15-20(2)34-30-18-24/h4-10,13-16,18,25H,11-12,17H2,1-3H3,(H,31,32,36). The van der Waals surface area contributed by atoms with Crippen LogP contribution in [0.4, 0.5) is 5.69 Å². The van der Waals surface area contributed by atoms with Crippen LogP contribution in [0.3, 0.4) is 0 Å². The number of hydrogen-bond donors (Lipinski definition) is 1. The molecule has 1 aliphatic heterocycles. The van der Waals surface area contributed by atoms with Crippen molar-refractivity contribution in [2.45, 2.75) is 46.1 Å². The number of aliphatic imine (C=N–C) groups is 2. The number of nitrogens with one attached hydrogen (secondary N) is 1. The lowest BCUT2D eigenvalue weighted by atomic mass is 10.0. The second-order valence-corrected chi connectivity index (χ2v) is 8.93. The van der Waals surface area contributed by atoms with Gasteiger partial charge in [0.15, 0.2) is 5.78 Å². The first-order valence-electron chi connectivity index (χ1n) is 12.0. The molecule has 1 unspecified atom stereocenters. The monoisotopic (exact) mass is 479 g/mol. The van der Waals surface area contributed by atoms with Crippen molar-refractivity contribution < 1.29 is 9.59 Å². The van der Waals surface area contributed by atoms with Crippen LogP contribution in [-0.4, -0.2) is 39.5 Å². The number of aryl methyl sites for hydroxylation is 3. The molecule has 0 bridgehead atoms. The van der Waals surface area contributed by atoms with Gasteiger partial charge in [0.2, 0.25) is 0 Å². The van der Waals surface area contributed by atoms with Crippen LogP contribution in [0.15, 0.2) is 82.9 Å². The Morgan fingerprint density at radius 2 is 1.92 bits per heavy atom. The molecule has 0 spiro atoms. The van der Waals surface area contributed by atoms with Gasteiger partial charge in [-0.05, 0) is 81.2 Å². The summed E-state index contributed by atoms with van der Waals surface area (Å²) in [6.45, 7) is 5.64. The maximum Gasteiger partial charge on any atom is 0.256 e. The Morgan fingerprint density at radius 3 is 2.72 bits per heavy atom. The number of carbonyl (C=O) groups is 2. The lowest BCUT2D eigenvalue weighted by Crippen LogP contribution is -2.28. The topological polar surface area (TPSA) is 96.7 Å². The molecule has 0 saturated heterocycles. The number of ketones is 1. The molecule has 2 aromatic carbocycles. The van der Waals surface area contributed by atoms with E-state index in [2.05, 4.69) is 20.5 Å². The highest BCUT2D eigenvalue weighted by Crippen LogP contribution is 2.18. The molecule has 3 aromatic rings. The van der Waals surface area contributed by atoms with E-state index in [1.807, 2.05) is 62.4 Å². The predicted octanol–water partition coefficient (Wildman–Crippen LogP) is 4.89. The second-order valence-electron chi connectivity index (χ2n) is 8.93. The van der Waals surface area contributed by atoms with Crippen LogP contribution in [0.1, 0.15) is 52.5 Å². The van der Waals surface area contributed by atoms with Gasteiger partial charge in [-0.3, -0.25) is 14.6 Å². The fourth-order valence-corrected chi connectivity index (χ4v) is 4.04. The highest BCUT2D eigenvalue weighted by molar-refractivity contribution is 6.12. The molecule has 182 valence electrons. The summed E-state index contributed by atoms with van der Waals surface area (Å²) in [5.74, 6) is 0.377. The third-order valence-electron chi connectivity index (χ3n) is 5.91. The summed E-state index contributed by atoms with van der Waals surface area (Å²) in [6.07, 6.45) is 6.74. The number of benzene rings is 2. The summed E-state index contributed by atoms with van der Waals surface area (Å²) in [5, 5.41) is 10.9. The first-order chi connectivity index (χ1) is 17.4. The van der Waals surface area contributed by atoms with Crippen molar-refractivity contribution >= 4 is 28.9 Å². The molecule has 7 nitrogen and oxygen atoms in total. The Hall–Kier alpha value is -4.26. The molecule has 1 atom stereocenters. The zero-order valence-corrected chi connectivity index (χ0v) is 20.7. The average molecular weight is 480 g/mol. The normalized spacial score (nSPS) is 15.9. The Bertz CT molecular complexity index is 1370. The average Bonchev–Trinajstić information content (AvgIpc) is 3.05. The maximum atomic E-state index is 12.8. The van der Waals surface area contributed by atoms with Gasteiger partial charge in [0, 0.05) is 17.5 Å². The lowest BCUT2D eigenvalue weighted by Gasteiger charge is -2.12. The van der Waals surface area contributed by atoms with Crippen LogP contribution >= 0.6 is 0 Å². The largest absolute Gasteiger partial charge is 0.310 e. The van der Waals surface area contributed by atoms with Crippen LogP contribution in [0.2, 0.25) is 0 Å². The Balaban J connectivity index is 1.43. The van der Waals surface area contributed by atoms with Crippen molar-refractivity contribution in [3.05, 3.63) is 101 Å². The van der Waals surface area contributed by atoms with Crippen molar-refractivity contribution in [3.63, 3.8) is 0 Å². The van der Waals surface area contributed by atoms with Crippen molar-refractivity contribution in [1.29, 1.82) is 0 Å². The molecular weight excluding hydrogens is 450 g/mol. The molecule has 0 radical (unpaired) electrons. The fourth-order valence-electron chi connectivity index (χ4n) is 4.04. The van der Waals surface area contributed by atoms with Gasteiger partial charge in [-0.1, -0.05) is 30.3 Å². The van der Waals surface area contributed by atoms with E-state index < -0.39 is 0 Å². The van der Waals surface area contributed by atoms with E-state index in [-0.39, 0.29) is 17.7 Å². The molecule has 7 heteroatoms. The van der Waals surface area contributed by atoms with Crippen LogP contribution in [0.25, 0.3) is 0 Å². The summed E-state index contributed by atoms with van der Waals surface area (Å²) in [7, 11) is 0. The Morgan fingerprint density at radius 1 is 1.08 bits per heavy atom. The first kappa shape index (κ1) is 24.9. The molecule has 1 N–H and O–H groups in total. The molecule has 1 amide bonds. The molecule has 36 heavy (non-hydrogen) atoms. The van der Waals surface area contributed by atoms with Crippen molar-refractivity contribution in [1.82, 2.24) is 15.5 Å². The number of allylic oxidation sites excluding steroid dienone is 2. The highest BCUT2D eigenvalue weighted by Gasteiger charge is 2.17. The van der Waals surface area contributed by atoms with E-state index in [0.29, 0.717) is 30.7 Å². The quantitative estimate of drug-likeness (QED) is 0.402. The summed E-state index contributed by atoms with van der Waals surface area (Å²) in [5.41, 5.74) is 5.83. The highest BCUT2D eigenvalue weighted by atomic mass is 16.1. The minimum Gasteiger partial charge on any atom is -0.310 e. The number of carbonyl (C=O) groups excluding carboxylic acids is 2. The van der Waals surface area contributed by atoms with Gasteiger partial charge in [0.05, 0.1) is 29.3 Å². The number of amidine groups is 1. The lowest BCUT2D eigenvalue weighted by molar-refractivity contribution is -0.114. The van der Waals surface area contributed by atoms with Gasteiger partial charge in [-0.25, -0.2) is 4.99 Å². The molecule has 1 aromatic heterocycles. The molecule has 0 saturated carbocycles. The van der Waals surface area contributed by atoms with Gasteiger partial charge in [0.1, 0.15) is 5.84 Å². The van der Waals surface area contributed by atoms with Gasteiger partial charge < -0.3 is 5.32 Å². The van der Waals surface area contributed by atoms with Gasteiger partial charge in [-0.2, -0.15) is 10.2 Å². The predicted molar refractivity (Wildman–Crippen MR) is 142 cm³/mol. The molecule has 1 aliphatic rings. The molecule has 2 heterocycles. The van der Waals surface area contributed by atoms with E-state index >= 15 is 0 Å². The van der Waals surface area contributed by atoms with E-state index in [4.69, 9.17) is 4.99 Å². The summed E-state index contributed by atoms with van der Waals surface area (Å²) >= 11 is 0. The number of para-hydroxylation sites is 1. The van der Waals surface area contributed by atoms with E-state index in [0.717, 1.165) is 33.8 Å². The zero-order chi connectivity index (χ0) is 25.5. The van der Waals surface area contributed by atoms with E-state index in [9.17, 15) is 9.59 Å². The number of aromatic nitrogens is 2. The zero-order valence-electron chi connectivity index (χ0n) is 20.7. The number of nitrogens with zero attached hydrogens (tertiary/aromatic N) is 4. The van der Waals surface area contributed by atoms with Crippen LogP contribution < -0.4 is 5.32 Å². The molecule has 0 fully saturated rings. The summed E-state index contributed by atoms with van der Waals surface area (Å²) in [4.78, 5) is 34.5. The maximum absolute atomic E-state index is 12.8. The van der Waals surface area contributed by atoms with Gasteiger partial charge in [-0.15, -0.1) is 0 Å². The first-order valence-corrected chi connectivity index (χ1v) is 12.0. The fraction of sp³-hybridized carbons (Fsp3) is 0.241. The van der Waals surface area contributed by atoms with Crippen LogP contribution in [0, 0.1) is 13.8 Å². The number of hydrogen-bond acceptors (Lipinski definition) is 6. The number of rotatable bonds is 6. The Labute approximate surface area is 211 Å². The minimum atomic E-state index is -0.207. The van der Waals surface area contributed by atoms with E-state index in [1.54, 1.807) is 31.3 Å². The van der Waals surface area contributed by atoms with Crippen LogP contribution in [0.5, 0.6) is 0 Å². The van der Waals surface area contributed by atoms with Gasteiger partial charge in [0.25, 0.3) is 5.91 Å².